The van der Waals surface area contributed by atoms with Crippen molar-refractivity contribution in [1.29, 1.82) is 0 Å². The molecule has 1 aromatic heterocycles. The van der Waals surface area contributed by atoms with E-state index in [1.807, 2.05) is 36.4 Å². The first kappa shape index (κ1) is 10.3. The molecule has 1 heterocycles. The normalized spacial score (nSPS) is 10.2. The topological polar surface area (TPSA) is 38.0 Å². The maximum Gasteiger partial charge on any atom is 0.0950 e. The van der Waals surface area contributed by atoms with Gasteiger partial charge in [0.05, 0.1) is 9.34 Å². The van der Waals surface area contributed by atoms with Crippen molar-refractivity contribution >= 4 is 33.6 Å². The highest BCUT2D eigenvalue weighted by Gasteiger charge is 1.97. The minimum absolute atomic E-state index is 0.789. The third-order valence-corrected chi connectivity index (χ3v) is 3.21. The van der Waals surface area contributed by atoms with Crippen molar-refractivity contribution in [2.45, 2.75) is 6.54 Å². The summed E-state index contributed by atoms with van der Waals surface area (Å²) in [6.45, 7) is 0.789. The van der Waals surface area contributed by atoms with E-state index in [1.165, 1.54) is 16.9 Å². The van der Waals surface area contributed by atoms with Gasteiger partial charge < -0.3 is 11.1 Å². The molecule has 0 radical (unpaired) electrons. The molecule has 0 spiro atoms. The summed E-state index contributed by atoms with van der Waals surface area (Å²) in [5, 5.41) is 4.37. The zero-order valence-electron chi connectivity index (χ0n) is 8.03. The standard InChI is InChI=1S/C11H11ClN2S/c12-10-5-6-11(15-10)14-7-8-1-3-9(13)4-2-8/h1-6,14H,7,13H2. The average Bonchev–Trinajstić information content (AvgIpc) is 2.64. The molecule has 0 amide bonds. The molecule has 2 aromatic rings. The van der Waals surface area contributed by atoms with Crippen LogP contribution >= 0.6 is 22.9 Å². The van der Waals surface area contributed by atoms with E-state index in [0.29, 0.717) is 0 Å². The third-order valence-electron chi connectivity index (χ3n) is 2.02. The van der Waals surface area contributed by atoms with Crippen LogP contribution in [-0.2, 0) is 6.54 Å². The SMILES string of the molecule is Nc1ccc(CNc2ccc(Cl)s2)cc1. The zero-order valence-corrected chi connectivity index (χ0v) is 9.61. The Kier molecular flexibility index (Phi) is 3.14. The molecule has 0 saturated carbocycles. The summed E-state index contributed by atoms with van der Waals surface area (Å²) in [6, 6.07) is 11.7. The number of thiophene rings is 1. The number of nitrogen functional groups attached to an aromatic ring is 1. The van der Waals surface area contributed by atoms with Crippen LogP contribution in [0.25, 0.3) is 0 Å². The fourth-order valence-electron chi connectivity index (χ4n) is 1.23. The molecule has 78 valence electrons. The Morgan fingerprint density at radius 2 is 1.87 bits per heavy atom. The molecule has 15 heavy (non-hydrogen) atoms. The van der Waals surface area contributed by atoms with Gasteiger partial charge in [-0.25, -0.2) is 0 Å². The van der Waals surface area contributed by atoms with Crippen LogP contribution in [0, 0.1) is 0 Å². The highest BCUT2D eigenvalue weighted by molar-refractivity contribution is 7.19. The number of hydrogen-bond donors (Lipinski definition) is 2. The van der Waals surface area contributed by atoms with E-state index in [9.17, 15) is 0 Å². The van der Waals surface area contributed by atoms with E-state index >= 15 is 0 Å². The summed E-state index contributed by atoms with van der Waals surface area (Å²) >= 11 is 7.36. The number of halogens is 1. The first-order chi connectivity index (χ1) is 7.24. The van der Waals surface area contributed by atoms with Gasteiger partial charge in [-0.3, -0.25) is 0 Å². The summed E-state index contributed by atoms with van der Waals surface area (Å²) in [4.78, 5) is 0. The summed E-state index contributed by atoms with van der Waals surface area (Å²) in [5.41, 5.74) is 7.59. The highest BCUT2D eigenvalue weighted by Crippen LogP contribution is 2.26. The van der Waals surface area contributed by atoms with Crippen LogP contribution in [0.3, 0.4) is 0 Å². The fourth-order valence-corrected chi connectivity index (χ4v) is 2.17. The number of benzene rings is 1. The van der Waals surface area contributed by atoms with Gasteiger partial charge >= 0.3 is 0 Å². The Labute approximate surface area is 97.7 Å². The summed E-state index contributed by atoms with van der Waals surface area (Å²) in [7, 11) is 0. The molecule has 4 heteroatoms. The van der Waals surface area contributed by atoms with Crippen molar-refractivity contribution in [2.24, 2.45) is 0 Å². The molecule has 2 rings (SSSR count). The molecule has 0 atom stereocenters. The first-order valence-corrected chi connectivity index (χ1v) is 5.77. The second-order valence-electron chi connectivity index (χ2n) is 3.20. The van der Waals surface area contributed by atoms with E-state index in [0.717, 1.165) is 21.6 Å². The van der Waals surface area contributed by atoms with E-state index in [4.69, 9.17) is 17.3 Å². The van der Waals surface area contributed by atoms with Gasteiger partial charge in [-0.1, -0.05) is 23.7 Å². The predicted molar refractivity (Wildman–Crippen MR) is 67.5 cm³/mol. The molecule has 1 aromatic carbocycles. The predicted octanol–water partition coefficient (Wildman–Crippen LogP) is 3.60. The smallest absolute Gasteiger partial charge is 0.0950 e. The number of nitrogens with one attached hydrogen (secondary N) is 1. The number of rotatable bonds is 3. The van der Waals surface area contributed by atoms with Crippen molar-refractivity contribution in [3.8, 4) is 0 Å². The molecular formula is C11H11ClN2S. The number of hydrogen-bond acceptors (Lipinski definition) is 3. The Morgan fingerprint density at radius 3 is 2.47 bits per heavy atom. The molecule has 0 unspecified atom stereocenters. The second kappa shape index (κ2) is 4.55. The lowest BCUT2D eigenvalue weighted by atomic mass is 10.2. The van der Waals surface area contributed by atoms with Crippen molar-refractivity contribution in [3.05, 3.63) is 46.3 Å². The van der Waals surface area contributed by atoms with Crippen LogP contribution in [-0.4, -0.2) is 0 Å². The minimum Gasteiger partial charge on any atom is -0.399 e. The van der Waals surface area contributed by atoms with Gasteiger partial charge in [0, 0.05) is 12.2 Å². The summed E-state index contributed by atoms with van der Waals surface area (Å²) in [6.07, 6.45) is 0. The van der Waals surface area contributed by atoms with Gasteiger partial charge in [0.2, 0.25) is 0 Å². The lowest BCUT2D eigenvalue weighted by molar-refractivity contribution is 1.16. The maximum absolute atomic E-state index is 5.82. The van der Waals surface area contributed by atoms with Crippen LogP contribution in [0.5, 0.6) is 0 Å². The zero-order chi connectivity index (χ0) is 10.7. The van der Waals surface area contributed by atoms with Crippen molar-refractivity contribution in [3.63, 3.8) is 0 Å². The number of nitrogens with two attached hydrogens (primary N) is 1. The van der Waals surface area contributed by atoms with Gasteiger partial charge in [-0.05, 0) is 29.8 Å². The number of anilines is 2. The Bertz CT molecular complexity index is 436. The lowest BCUT2D eigenvalue weighted by Crippen LogP contribution is -1.97. The molecule has 0 fully saturated rings. The summed E-state index contributed by atoms with van der Waals surface area (Å²) in [5.74, 6) is 0. The largest absolute Gasteiger partial charge is 0.399 e. The van der Waals surface area contributed by atoms with Crippen LogP contribution in [0.15, 0.2) is 36.4 Å². The molecule has 0 aliphatic carbocycles. The highest BCUT2D eigenvalue weighted by atomic mass is 35.5. The van der Waals surface area contributed by atoms with E-state index in [-0.39, 0.29) is 0 Å². The molecule has 3 N–H and O–H groups in total. The van der Waals surface area contributed by atoms with Crippen LogP contribution < -0.4 is 11.1 Å². The van der Waals surface area contributed by atoms with Crippen LogP contribution in [0.4, 0.5) is 10.7 Å². The van der Waals surface area contributed by atoms with E-state index in [2.05, 4.69) is 5.32 Å². The van der Waals surface area contributed by atoms with Crippen molar-refractivity contribution < 1.29 is 0 Å². The van der Waals surface area contributed by atoms with Crippen LogP contribution in [0.2, 0.25) is 4.34 Å². The lowest BCUT2D eigenvalue weighted by Gasteiger charge is -2.03. The Hall–Kier alpha value is -1.19. The van der Waals surface area contributed by atoms with E-state index in [1.54, 1.807) is 0 Å². The second-order valence-corrected chi connectivity index (χ2v) is 4.91. The Morgan fingerprint density at radius 1 is 1.13 bits per heavy atom. The molecule has 2 nitrogen and oxygen atoms in total. The molecule has 0 aliphatic rings. The van der Waals surface area contributed by atoms with Gasteiger partial charge in [0.15, 0.2) is 0 Å². The van der Waals surface area contributed by atoms with Gasteiger partial charge in [0.25, 0.3) is 0 Å². The Balaban J connectivity index is 1.96. The van der Waals surface area contributed by atoms with Gasteiger partial charge in [-0.15, -0.1) is 11.3 Å². The minimum atomic E-state index is 0.789. The average molecular weight is 239 g/mol. The first-order valence-electron chi connectivity index (χ1n) is 4.58. The molecule has 0 aliphatic heterocycles. The molecular weight excluding hydrogens is 228 g/mol. The van der Waals surface area contributed by atoms with E-state index < -0.39 is 0 Å². The van der Waals surface area contributed by atoms with Crippen molar-refractivity contribution in [1.82, 2.24) is 0 Å². The van der Waals surface area contributed by atoms with Crippen molar-refractivity contribution in [2.75, 3.05) is 11.1 Å². The molecule has 0 bridgehead atoms. The molecule has 0 saturated heterocycles. The van der Waals surface area contributed by atoms with Gasteiger partial charge in [-0.2, -0.15) is 0 Å². The maximum atomic E-state index is 5.82. The summed E-state index contributed by atoms with van der Waals surface area (Å²) < 4.78 is 0.801. The monoisotopic (exact) mass is 238 g/mol. The third kappa shape index (κ3) is 2.88. The van der Waals surface area contributed by atoms with Gasteiger partial charge in [0.1, 0.15) is 0 Å². The quantitative estimate of drug-likeness (QED) is 0.802. The van der Waals surface area contributed by atoms with Crippen LogP contribution in [0.1, 0.15) is 5.56 Å². The fraction of sp³-hybridized carbons (Fsp3) is 0.0909.